The quantitative estimate of drug-likeness (QED) is 0.00647. The van der Waals surface area contributed by atoms with Gasteiger partial charge in [-0.3, -0.25) is 19.2 Å². The van der Waals surface area contributed by atoms with Gasteiger partial charge in [-0.15, -0.1) is 0 Å². The van der Waals surface area contributed by atoms with Crippen LogP contribution in [0.3, 0.4) is 0 Å². The van der Waals surface area contributed by atoms with Crippen LogP contribution in [-0.2, 0) is 52.4 Å². The lowest BCUT2D eigenvalue weighted by molar-refractivity contribution is -0.282. The van der Waals surface area contributed by atoms with Crippen LogP contribution in [0.4, 0.5) is 0 Å². The standard InChI is InChI=1S/C87H64O52/c1-30(90)26-129-74-52(101)17-33(18-53(74)102)79(117)131-60-25-40(16-49(98)72(60)115)86(124)139-87-77(138-85(123)39-15-48(97)71(114)59(24-39)134-82(120)37-13-45(94)68(111)56(21-37)128-29-63(105)106)76(137-83(121)32-6-41(65(108)42(91)9-32)64(107)31-7-50(99)73(51(100)8-31)126-5-3-89)75(136-84(122)38-14-47(96)70(113)58(23-38)133-80(118)35-11-43(92)66(109)54(19-35)125-4-2-88)61(135-87)27-130-78(116)34-10-46(95)69(112)57(22-34)132-81(119)36-12-44(93)67(110)55(20-36)127-28-62(103)104/h2-3,6-25,61,75-77,87,91-102,108-115H,4-5,26-29H2,1H3,(H,103,104)(H,105,106). The van der Waals surface area contributed by atoms with E-state index in [1.54, 1.807) is 0 Å². The van der Waals surface area contributed by atoms with Crippen molar-refractivity contribution in [3.63, 3.8) is 0 Å². The molecule has 0 aromatic heterocycles. The van der Waals surface area contributed by atoms with Gasteiger partial charge in [-0.1, -0.05) is 0 Å². The van der Waals surface area contributed by atoms with Crippen LogP contribution in [0.5, 0.6) is 167 Å². The van der Waals surface area contributed by atoms with Crippen molar-refractivity contribution in [1.82, 2.24) is 0 Å². The number of rotatable bonds is 36. The summed E-state index contributed by atoms with van der Waals surface area (Å²) in [5.74, 6) is -57.5. The Bertz CT molecular complexity index is 6700. The van der Waals surface area contributed by atoms with E-state index in [1.807, 2.05) is 0 Å². The van der Waals surface area contributed by atoms with Gasteiger partial charge in [-0.25, -0.2) is 52.7 Å². The molecule has 0 spiro atoms. The highest BCUT2D eigenvalue weighted by atomic mass is 16.8. The Morgan fingerprint density at radius 2 is 0.554 bits per heavy atom. The molecule has 22 N–H and O–H groups in total. The van der Waals surface area contributed by atoms with E-state index in [2.05, 4.69) is 0 Å². The Labute approximate surface area is 768 Å². The average Bonchev–Trinajstić information content (AvgIpc) is 0.760. The molecule has 724 valence electrons. The summed E-state index contributed by atoms with van der Waals surface area (Å²) in [6.07, 6.45) is -15.1. The number of hydrogen-bond donors (Lipinski definition) is 22. The molecule has 11 rings (SSSR count). The summed E-state index contributed by atoms with van der Waals surface area (Å²) < 4.78 is 81.0. The fourth-order valence-electron chi connectivity index (χ4n) is 12.3. The molecule has 1 saturated heterocycles. The first kappa shape index (κ1) is 99.6. The highest BCUT2D eigenvalue weighted by molar-refractivity contribution is 6.13. The summed E-state index contributed by atoms with van der Waals surface area (Å²) in [7, 11) is 0. The minimum absolute atomic E-state index is 0.163. The Kier molecular flexibility index (Phi) is 29.8. The van der Waals surface area contributed by atoms with Crippen molar-refractivity contribution in [2.45, 2.75) is 37.6 Å². The molecule has 1 aliphatic heterocycles. The molecule has 10 aromatic rings. The Morgan fingerprint density at radius 1 is 0.281 bits per heavy atom. The first-order valence-electron chi connectivity index (χ1n) is 38.3. The van der Waals surface area contributed by atoms with Crippen molar-refractivity contribution < 1.29 is 255 Å². The summed E-state index contributed by atoms with van der Waals surface area (Å²) in [5.41, 5.74) is -11.5. The summed E-state index contributed by atoms with van der Waals surface area (Å²) >= 11 is 0. The van der Waals surface area contributed by atoms with Crippen LogP contribution in [0.25, 0.3) is 0 Å². The SMILES string of the molecule is CC(=O)COc1c(O)cc(C(=O)Oc2cc(C(=O)OC3OC(COC(=O)c4cc(O)c(O)c(OC(=O)c5cc(O)c(O)c(OCC(=O)O)c5)c4)C(OC(=O)c4cc(O)c(O)c(OC(=O)c5cc(O)c(O)c(OCC=O)c5)c4)C(OC(=O)c4cc(O)c(O)c(C(=O)c5cc(O)c(OCC=O)c(O)c5)c4)C3OC(=O)c3cc(O)c(O)c(OC(=O)c4cc(O)c(O)c(OCC(=O)O)c4)c3)cc(O)c2O)cc1O. The second-order valence-electron chi connectivity index (χ2n) is 28.3. The predicted molar refractivity (Wildman–Crippen MR) is 439 cm³/mol. The highest BCUT2D eigenvalue weighted by Crippen LogP contribution is 2.48. The number of carboxylic acid groups (broad SMARTS) is 2. The molecule has 0 aliphatic carbocycles. The van der Waals surface area contributed by atoms with Gasteiger partial charge in [0, 0.05) is 5.56 Å². The number of benzene rings is 10. The van der Waals surface area contributed by atoms with Gasteiger partial charge in [-0.05, 0) is 128 Å². The number of phenols is 20. The van der Waals surface area contributed by atoms with Crippen molar-refractivity contribution >= 4 is 89.8 Å². The van der Waals surface area contributed by atoms with Crippen molar-refractivity contribution in [2.75, 3.05) is 39.6 Å². The molecule has 0 saturated carbocycles. The van der Waals surface area contributed by atoms with Crippen LogP contribution >= 0.6 is 0 Å². The first-order chi connectivity index (χ1) is 65.6. The normalized spacial score (nSPS) is 14.1. The van der Waals surface area contributed by atoms with Crippen molar-refractivity contribution in [2.24, 2.45) is 0 Å². The van der Waals surface area contributed by atoms with E-state index >= 15 is 19.2 Å². The Balaban J connectivity index is 1.10. The number of esters is 9. The number of ether oxygens (including phenoxy) is 15. The van der Waals surface area contributed by atoms with Crippen molar-refractivity contribution in [3.8, 4) is 167 Å². The summed E-state index contributed by atoms with van der Waals surface area (Å²) in [4.78, 5) is 203. The molecule has 5 unspecified atom stereocenters. The van der Waals surface area contributed by atoms with Crippen molar-refractivity contribution in [1.29, 1.82) is 0 Å². The lowest BCUT2D eigenvalue weighted by Gasteiger charge is -2.44. The molecule has 139 heavy (non-hydrogen) atoms. The smallest absolute Gasteiger partial charge is 0.343 e. The number of aldehydes is 2. The number of Topliss-reactive ketones (excluding diaryl/α,β-unsaturated/α-hetero) is 1. The number of carboxylic acids is 2. The number of aromatic hydroxyl groups is 20. The molecule has 52 heteroatoms. The van der Waals surface area contributed by atoms with E-state index in [4.69, 9.17) is 71.1 Å². The lowest BCUT2D eigenvalue weighted by Crippen LogP contribution is -2.63. The van der Waals surface area contributed by atoms with Gasteiger partial charge in [0.15, 0.2) is 165 Å². The zero-order valence-electron chi connectivity index (χ0n) is 69.4. The maximum absolute atomic E-state index is 15.6. The summed E-state index contributed by atoms with van der Waals surface area (Å²) in [6, 6.07) is 8.82. The number of hydrogen-bond acceptors (Lipinski definition) is 50. The molecule has 52 nitrogen and oxygen atoms in total. The number of phenolic OH excluding ortho intramolecular Hbond substituents is 20. The predicted octanol–water partition coefficient (Wildman–Crippen LogP) is 4.37. The molecule has 0 bridgehead atoms. The molecule has 10 aromatic carbocycles. The van der Waals surface area contributed by atoms with Crippen LogP contribution < -0.4 is 42.6 Å². The van der Waals surface area contributed by atoms with E-state index in [-0.39, 0.29) is 24.7 Å². The Morgan fingerprint density at radius 3 is 0.914 bits per heavy atom. The number of carbonyl (C=O) groups excluding carboxylic acids is 13. The van der Waals surface area contributed by atoms with E-state index < -0.39 is 376 Å². The zero-order valence-corrected chi connectivity index (χ0v) is 69.4. The van der Waals surface area contributed by atoms with Crippen LogP contribution in [0, 0.1) is 0 Å². The number of carbonyl (C=O) groups is 15. The van der Waals surface area contributed by atoms with Gasteiger partial charge in [0.1, 0.15) is 32.5 Å². The molecule has 1 aliphatic rings. The van der Waals surface area contributed by atoms with Crippen LogP contribution in [0.2, 0.25) is 0 Å². The van der Waals surface area contributed by atoms with Crippen molar-refractivity contribution in [3.05, 3.63) is 183 Å². The molecule has 0 radical (unpaired) electrons. The topological polar surface area (TPSA) is 840 Å². The van der Waals surface area contributed by atoms with E-state index in [9.17, 15) is 165 Å². The fraction of sp³-hybridized carbons (Fsp3) is 0.138. The minimum atomic E-state index is -3.20. The minimum Gasteiger partial charge on any atom is -0.504 e. The molecule has 0 amide bonds. The second kappa shape index (κ2) is 41.6. The summed E-state index contributed by atoms with van der Waals surface area (Å²) in [6.45, 7) is -5.51. The third-order valence-corrected chi connectivity index (χ3v) is 18.7. The van der Waals surface area contributed by atoms with Gasteiger partial charge >= 0.3 is 65.7 Å². The monoisotopic (exact) mass is 1940 g/mol. The van der Waals surface area contributed by atoms with Gasteiger partial charge in [0.05, 0.1) is 55.6 Å². The van der Waals surface area contributed by atoms with Crippen LogP contribution in [-0.4, -0.2) is 272 Å². The number of aliphatic carboxylic acids is 2. The third kappa shape index (κ3) is 22.8. The average molecular weight is 1940 g/mol. The van der Waals surface area contributed by atoms with Crippen LogP contribution in [0.1, 0.15) is 116 Å². The molecule has 1 fully saturated rings. The molecule has 1 heterocycles. The molecular weight excluding hydrogens is 1880 g/mol. The molecular formula is C87H64O52. The lowest BCUT2D eigenvalue weighted by atomic mass is 9.97. The van der Waals surface area contributed by atoms with E-state index in [1.165, 1.54) is 0 Å². The maximum atomic E-state index is 15.6. The first-order valence-corrected chi connectivity index (χ1v) is 38.3. The van der Waals surface area contributed by atoms with Gasteiger partial charge in [-0.2, -0.15) is 0 Å². The number of ketones is 2. The van der Waals surface area contributed by atoms with Gasteiger partial charge in [0.25, 0.3) is 0 Å². The summed E-state index contributed by atoms with van der Waals surface area (Å²) in [5, 5.41) is 236. The zero-order chi connectivity index (χ0) is 102. The fourth-order valence-corrected chi connectivity index (χ4v) is 12.3. The maximum Gasteiger partial charge on any atom is 0.343 e. The van der Waals surface area contributed by atoms with Crippen LogP contribution in [0.15, 0.2) is 121 Å². The largest absolute Gasteiger partial charge is 0.504 e. The highest BCUT2D eigenvalue weighted by Gasteiger charge is 2.55. The molecule has 5 atom stereocenters. The van der Waals surface area contributed by atoms with E-state index in [0.29, 0.717) is 109 Å². The van der Waals surface area contributed by atoms with E-state index in [0.717, 1.165) is 6.92 Å². The van der Waals surface area contributed by atoms with Gasteiger partial charge in [0.2, 0.25) is 64.1 Å². The Hall–Kier alpha value is -20.0. The third-order valence-electron chi connectivity index (χ3n) is 18.7. The van der Waals surface area contributed by atoms with Gasteiger partial charge < -0.3 is 183 Å². The second-order valence-corrected chi connectivity index (χ2v) is 28.3.